The summed E-state index contributed by atoms with van der Waals surface area (Å²) in [4.78, 5) is 12.5. The van der Waals surface area contributed by atoms with Crippen molar-refractivity contribution in [2.45, 2.75) is 24.5 Å². The fourth-order valence-corrected chi connectivity index (χ4v) is 3.90. The molecule has 0 aromatic heterocycles. The van der Waals surface area contributed by atoms with E-state index in [1.807, 2.05) is 0 Å². The zero-order valence-corrected chi connectivity index (χ0v) is 12.9. The minimum Gasteiger partial charge on any atom is -0.322 e. The van der Waals surface area contributed by atoms with Crippen LogP contribution in [0.2, 0.25) is 0 Å². The minimum absolute atomic E-state index is 0.0153. The topological polar surface area (TPSA) is 75.3 Å². The van der Waals surface area contributed by atoms with Gasteiger partial charge < -0.3 is 10.6 Å². The zero-order valence-electron chi connectivity index (χ0n) is 12.1. The Morgan fingerprint density at radius 1 is 1.33 bits per heavy atom. The number of sulfone groups is 1. The smallest absolute Gasteiger partial charge is 0.246 e. The molecule has 0 bridgehead atoms. The number of anilines is 1. The molecule has 0 saturated carbocycles. The van der Waals surface area contributed by atoms with E-state index in [1.165, 1.54) is 12.1 Å². The van der Waals surface area contributed by atoms with E-state index >= 15 is 0 Å². The molecule has 21 heavy (non-hydrogen) atoms. The van der Waals surface area contributed by atoms with E-state index in [4.69, 9.17) is 0 Å². The summed E-state index contributed by atoms with van der Waals surface area (Å²) in [5, 5.41) is 5.48. The summed E-state index contributed by atoms with van der Waals surface area (Å²) in [5.41, 5.74) is 0.798. The average molecular weight is 314 g/mol. The molecule has 2 rings (SSSR count). The maximum Gasteiger partial charge on any atom is 0.246 e. The van der Waals surface area contributed by atoms with Crippen LogP contribution in [0, 0.1) is 12.7 Å². The second kappa shape index (κ2) is 5.73. The van der Waals surface area contributed by atoms with Gasteiger partial charge in [-0.15, -0.1) is 0 Å². The first-order valence-corrected chi connectivity index (χ1v) is 8.63. The normalized spacial score (nSPS) is 18.2. The summed E-state index contributed by atoms with van der Waals surface area (Å²) in [6.45, 7) is 2.65. The Balaban J connectivity index is 2.34. The van der Waals surface area contributed by atoms with Crippen LogP contribution in [-0.2, 0) is 14.6 Å². The Bertz CT molecular complexity index is 652. The number of carbonyl (C=O) groups excluding carboxylic acids is 1. The van der Waals surface area contributed by atoms with Gasteiger partial charge in [0.05, 0.1) is 5.69 Å². The van der Waals surface area contributed by atoms with Crippen molar-refractivity contribution < 1.29 is 17.6 Å². The average Bonchev–Trinajstić information content (AvgIpc) is 2.42. The number of carbonyl (C=O) groups is 1. The molecule has 1 aromatic rings. The first-order chi connectivity index (χ1) is 9.76. The third-order valence-electron chi connectivity index (χ3n) is 3.90. The van der Waals surface area contributed by atoms with E-state index in [1.54, 1.807) is 13.0 Å². The van der Waals surface area contributed by atoms with Crippen molar-refractivity contribution in [2.24, 2.45) is 0 Å². The Morgan fingerprint density at radius 2 is 1.95 bits per heavy atom. The number of halogens is 1. The quantitative estimate of drug-likeness (QED) is 0.880. The minimum atomic E-state index is -3.60. The van der Waals surface area contributed by atoms with Crippen molar-refractivity contribution in [3.63, 3.8) is 0 Å². The maximum absolute atomic E-state index is 13.7. The summed E-state index contributed by atoms with van der Waals surface area (Å²) in [6, 6.07) is 4.33. The Labute approximate surface area is 123 Å². The largest absolute Gasteiger partial charge is 0.322 e. The highest BCUT2D eigenvalue weighted by Gasteiger charge is 2.48. The molecule has 0 radical (unpaired) electrons. The van der Waals surface area contributed by atoms with Gasteiger partial charge in [-0.3, -0.25) is 4.79 Å². The van der Waals surface area contributed by atoms with Gasteiger partial charge in [-0.2, -0.15) is 0 Å². The van der Waals surface area contributed by atoms with Crippen LogP contribution in [0.1, 0.15) is 18.4 Å². The van der Waals surface area contributed by atoms with Crippen LogP contribution >= 0.6 is 0 Å². The summed E-state index contributed by atoms with van der Waals surface area (Å²) >= 11 is 0. The Hall–Kier alpha value is -1.47. The lowest BCUT2D eigenvalue weighted by molar-refractivity contribution is -0.119. The van der Waals surface area contributed by atoms with Crippen LogP contribution < -0.4 is 10.6 Å². The molecule has 0 aliphatic carbocycles. The molecule has 0 atom stereocenters. The monoisotopic (exact) mass is 314 g/mol. The van der Waals surface area contributed by atoms with Gasteiger partial charge in [0.15, 0.2) is 14.6 Å². The van der Waals surface area contributed by atoms with Crippen molar-refractivity contribution in [3.8, 4) is 0 Å². The second-order valence-electron chi connectivity index (χ2n) is 5.45. The van der Waals surface area contributed by atoms with Gasteiger partial charge >= 0.3 is 0 Å². The summed E-state index contributed by atoms with van der Waals surface area (Å²) in [6.07, 6.45) is 1.43. The van der Waals surface area contributed by atoms with Crippen LogP contribution in [0.4, 0.5) is 10.1 Å². The van der Waals surface area contributed by atoms with Crippen LogP contribution in [-0.4, -0.2) is 38.4 Å². The molecule has 0 unspecified atom stereocenters. The Morgan fingerprint density at radius 3 is 2.52 bits per heavy atom. The molecule has 1 aliphatic heterocycles. The van der Waals surface area contributed by atoms with Gasteiger partial charge in [-0.25, -0.2) is 12.8 Å². The molecule has 1 aliphatic rings. The molecule has 0 spiro atoms. The Kier molecular flexibility index (Phi) is 4.34. The number of amides is 1. The van der Waals surface area contributed by atoms with E-state index in [2.05, 4.69) is 10.6 Å². The van der Waals surface area contributed by atoms with Gasteiger partial charge in [0.25, 0.3) is 0 Å². The lowest BCUT2D eigenvalue weighted by Gasteiger charge is -2.34. The number of rotatable bonds is 3. The van der Waals surface area contributed by atoms with Crippen molar-refractivity contribution >= 4 is 21.4 Å². The van der Waals surface area contributed by atoms with Gasteiger partial charge in [0.2, 0.25) is 5.91 Å². The van der Waals surface area contributed by atoms with Gasteiger partial charge in [-0.1, -0.05) is 6.07 Å². The number of aryl methyl sites for hydroxylation is 1. The number of piperidine rings is 1. The fourth-order valence-electron chi connectivity index (χ4n) is 2.57. The number of hydrogen-bond acceptors (Lipinski definition) is 4. The van der Waals surface area contributed by atoms with Crippen LogP contribution in [0.25, 0.3) is 0 Å². The standard InChI is InChI=1S/C14H19FN2O3S/c1-10-3-4-11(15)12(9-10)17-13(18)14(21(2,19)20)5-7-16-8-6-14/h3-4,9,16H,5-8H2,1-2H3,(H,17,18). The van der Waals surface area contributed by atoms with Crippen molar-refractivity contribution in [2.75, 3.05) is 24.7 Å². The van der Waals surface area contributed by atoms with Crippen LogP contribution in [0.15, 0.2) is 18.2 Å². The first kappa shape index (κ1) is 15.9. The lowest BCUT2D eigenvalue weighted by Crippen LogP contribution is -2.55. The van der Waals surface area contributed by atoms with Crippen LogP contribution in [0.5, 0.6) is 0 Å². The molecule has 2 N–H and O–H groups in total. The molecule has 7 heteroatoms. The highest BCUT2D eigenvalue weighted by atomic mass is 32.2. The SMILES string of the molecule is Cc1ccc(F)c(NC(=O)C2(S(C)(=O)=O)CCNCC2)c1. The van der Waals surface area contributed by atoms with Crippen molar-refractivity contribution in [3.05, 3.63) is 29.6 Å². The molecule has 1 amide bonds. The highest BCUT2D eigenvalue weighted by molar-refractivity contribution is 7.92. The first-order valence-electron chi connectivity index (χ1n) is 6.74. The van der Waals surface area contributed by atoms with Gasteiger partial charge in [-0.05, 0) is 50.6 Å². The zero-order chi connectivity index (χ0) is 15.7. The van der Waals surface area contributed by atoms with Gasteiger partial charge in [0.1, 0.15) is 5.82 Å². The predicted molar refractivity (Wildman–Crippen MR) is 79.4 cm³/mol. The molecular weight excluding hydrogens is 295 g/mol. The van der Waals surface area contributed by atoms with Crippen molar-refractivity contribution in [1.82, 2.24) is 5.32 Å². The molecule has 5 nitrogen and oxygen atoms in total. The lowest BCUT2D eigenvalue weighted by atomic mass is 9.95. The third-order valence-corrected chi connectivity index (χ3v) is 5.92. The van der Waals surface area contributed by atoms with Crippen LogP contribution in [0.3, 0.4) is 0 Å². The van der Waals surface area contributed by atoms with E-state index in [-0.39, 0.29) is 18.5 Å². The van der Waals surface area contributed by atoms with Crippen molar-refractivity contribution in [1.29, 1.82) is 0 Å². The predicted octanol–water partition coefficient (Wildman–Crippen LogP) is 1.24. The second-order valence-corrected chi connectivity index (χ2v) is 7.78. The number of hydrogen-bond donors (Lipinski definition) is 2. The molecule has 1 saturated heterocycles. The summed E-state index contributed by atoms with van der Waals surface area (Å²) in [5.74, 6) is -1.23. The fraction of sp³-hybridized carbons (Fsp3) is 0.500. The molecule has 1 fully saturated rings. The van der Waals surface area contributed by atoms with Gasteiger partial charge in [0, 0.05) is 6.26 Å². The highest BCUT2D eigenvalue weighted by Crippen LogP contribution is 2.30. The number of benzene rings is 1. The maximum atomic E-state index is 13.7. The van der Waals surface area contributed by atoms with E-state index in [0.29, 0.717) is 13.1 Å². The molecular formula is C14H19FN2O3S. The summed E-state index contributed by atoms with van der Waals surface area (Å²) < 4.78 is 36.5. The van der Waals surface area contributed by atoms with E-state index in [9.17, 15) is 17.6 Å². The summed E-state index contributed by atoms with van der Waals surface area (Å²) in [7, 11) is -3.60. The number of nitrogens with one attached hydrogen (secondary N) is 2. The molecule has 116 valence electrons. The molecule has 1 aromatic carbocycles. The molecule has 1 heterocycles. The van der Waals surface area contributed by atoms with E-state index < -0.39 is 26.3 Å². The van der Waals surface area contributed by atoms with E-state index in [0.717, 1.165) is 11.8 Å². The third kappa shape index (κ3) is 3.08.